The normalized spacial score (nSPS) is 10.9. The molecule has 1 aromatic carbocycles. The van der Waals surface area contributed by atoms with Gasteiger partial charge in [-0.1, -0.05) is 18.2 Å². The van der Waals surface area contributed by atoms with Crippen molar-refractivity contribution in [1.29, 1.82) is 10.5 Å². The van der Waals surface area contributed by atoms with Gasteiger partial charge in [-0.2, -0.15) is 10.5 Å². The summed E-state index contributed by atoms with van der Waals surface area (Å²) >= 11 is 0. The van der Waals surface area contributed by atoms with Crippen LogP contribution in [0.15, 0.2) is 36.5 Å². The van der Waals surface area contributed by atoms with Gasteiger partial charge in [0.2, 0.25) is 0 Å². The molecule has 1 aromatic heterocycles. The summed E-state index contributed by atoms with van der Waals surface area (Å²) in [6.07, 6.45) is 3.07. The van der Waals surface area contributed by atoms with Crippen LogP contribution in [0.1, 0.15) is 5.56 Å². The first-order valence-electron chi connectivity index (χ1n) is 4.43. The molecule has 2 rings (SSSR count). The molecule has 3 heteroatoms. The van der Waals surface area contributed by atoms with Crippen molar-refractivity contribution in [2.24, 2.45) is 0 Å². The Bertz CT molecular complexity index is 606. The maximum atomic E-state index is 8.92. The molecule has 0 atom stereocenters. The van der Waals surface area contributed by atoms with Gasteiger partial charge in [-0.3, -0.25) is 0 Å². The van der Waals surface area contributed by atoms with E-state index in [1.165, 1.54) is 6.08 Å². The zero-order valence-corrected chi connectivity index (χ0v) is 7.86. The van der Waals surface area contributed by atoms with Gasteiger partial charge in [0.15, 0.2) is 0 Å². The van der Waals surface area contributed by atoms with E-state index in [0.717, 1.165) is 16.5 Å². The third kappa shape index (κ3) is 1.47. The van der Waals surface area contributed by atoms with E-state index >= 15 is 0 Å². The standard InChI is InChI=1S/C12H7N3/c13-6-4-10(8-14)11-3-1-2-9-5-7-15-12(9)11/h1-5,7,15H. The van der Waals surface area contributed by atoms with Crippen molar-refractivity contribution in [2.45, 2.75) is 0 Å². The monoisotopic (exact) mass is 193 g/mol. The smallest absolute Gasteiger partial charge is 0.101 e. The van der Waals surface area contributed by atoms with E-state index in [1.54, 1.807) is 0 Å². The zero-order valence-electron chi connectivity index (χ0n) is 7.86. The van der Waals surface area contributed by atoms with Crippen LogP contribution in [0.25, 0.3) is 16.5 Å². The summed E-state index contributed by atoms with van der Waals surface area (Å²) in [4.78, 5) is 3.06. The van der Waals surface area contributed by atoms with Crippen molar-refractivity contribution >= 4 is 16.5 Å². The molecule has 70 valence electrons. The number of para-hydroxylation sites is 1. The fraction of sp³-hybridized carbons (Fsp3) is 0. The van der Waals surface area contributed by atoms with Crippen LogP contribution < -0.4 is 0 Å². The second-order valence-electron chi connectivity index (χ2n) is 3.05. The van der Waals surface area contributed by atoms with Gasteiger partial charge in [0.05, 0.1) is 17.2 Å². The van der Waals surface area contributed by atoms with Crippen LogP contribution in [0.2, 0.25) is 0 Å². The summed E-state index contributed by atoms with van der Waals surface area (Å²) in [7, 11) is 0. The number of hydrogen-bond donors (Lipinski definition) is 1. The Hall–Kier alpha value is -2.52. The van der Waals surface area contributed by atoms with Crippen molar-refractivity contribution in [3.05, 3.63) is 42.1 Å². The number of nitrogens with one attached hydrogen (secondary N) is 1. The van der Waals surface area contributed by atoms with Crippen LogP contribution >= 0.6 is 0 Å². The summed E-state index contributed by atoms with van der Waals surface area (Å²) in [5.74, 6) is 0. The molecule has 0 aliphatic carbocycles. The largest absolute Gasteiger partial charge is 0.361 e. The number of rotatable bonds is 1. The number of nitriles is 2. The fourth-order valence-electron chi connectivity index (χ4n) is 1.54. The van der Waals surface area contributed by atoms with E-state index < -0.39 is 0 Å². The molecule has 0 fully saturated rings. The highest BCUT2D eigenvalue weighted by Crippen LogP contribution is 2.23. The van der Waals surface area contributed by atoms with Gasteiger partial charge >= 0.3 is 0 Å². The number of aromatic amines is 1. The van der Waals surface area contributed by atoms with Crippen LogP contribution in [-0.4, -0.2) is 4.98 Å². The lowest BCUT2D eigenvalue weighted by Crippen LogP contribution is -1.83. The Morgan fingerprint density at radius 3 is 2.87 bits per heavy atom. The number of H-pyrrole nitrogens is 1. The molecule has 0 unspecified atom stereocenters. The van der Waals surface area contributed by atoms with Crippen LogP contribution in [0, 0.1) is 22.7 Å². The van der Waals surface area contributed by atoms with Gasteiger partial charge in [-0.15, -0.1) is 0 Å². The quantitative estimate of drug-likeness (QED) is 0.707. The van der Waals surface area contributed by atoms with Crippen molar-refractivity contribution in [1.82, 2.24) is 4.98 Å². The van der Waals surface area contributed by atoms with E-state index in [0.29, 0.717) is 5.57 Å². The average molecular weight is 193 g/mol. The summed E-state index contributed by atoms with van der Waals surface area (Å²) in [5.41, 5.74) is 2.03. The Balaban J connectivity index is 2.72. The maximum Gasteiger partial charge on any atom is 0.101 e. The Labute approximate surface area is 86.9 Å². The highest BCUT2D eigenvalue weighted by molar-refractivity contribution is 5.95. The number of aromatic nitrogens is 1. The van der Waals surface area contributed by atoms with E-state index in [9.17, 15) is 0 Å². The minimum absolute atomic E-state index is 0.380. The first-order chi connectivity index (χ1) is 7.36. The summed E-state index contributed by atoms with van der Waals surface area (Å²) in [6, 6.07) is 11.5. The summed E-state index contributed by atoms with van der Waals surface area (Å²) in [6.45, 7) is 0. The molecule has 2 aromatic rings. The van der Waals surface area contributed by atoms with Crippen LogP contribution in [0.5, 0.6) is 0 Å². The van der Waals surface area contributed by atoms with Gasteiger partial charge in [-0.25, -0.2) is 0 Å². The first-order valence-corrected chi connectivity index (χ1v) is 4.43. The minimum Gasteiger partial charge on any atom is -0.361 e. The second-order valence-corrected chi connectivity index (χ2v) is 3.05. The summed E-state index contributed by atoms with van der Waals surface area (Å²) < 4.78 is 0. The number of nitrogens with zero attached hydrogens (tertiary/aromatic N) is 2. The van der Waals surface area contributed by atoms with Gasteiger partial charge in [-0.05, 0) is 6.07 Å². The molecule has 0 aliphatic heterocycles. The number of allylic oxidation sites excluding steroid dienone is 2. The molecule has 0 saturated carbocycles. The van der Waals surface area contributed by atoms with Crippen LogP contribution in [-0.2, 0) is 0 Å². The Kier molecular flexibility index (Phi) is 2.23. The molecule has 15 heavy (non-hydrogen) atoms. The topological polar surface area (TPSA) is 63.4 Å². The molecule has 0 saturated heterocycles. The predicted octanol–water partition coefficient (Wildman–Crippen LogP) is 2.60. The van der Waals surface area contributed by atoms with Gasteiger partial charge in [0.25, 0.3) is 0 Å². The summed E-state index contributed by atoms with van der Waals surface area (Å²) in [5, 5.41) is 18.5. The molecular formula is C12H7N3. The molecule has 0 amide bonds. The molecule has 3 nitrogen and oxygen atoms in total. The van der Waals surface area contributed by atoms with Gasteiger partial charge < -0.3 is 4.98 Å². The van der Waals surface area contributed by atoms with Crippen molar-refractivity contribution in [3.63, 3.8) is 0 Å². The number of benzene rings is 1. The molecule has 0 bridgehead atoms. The SMILES string of the molecule is N#CC=C(C#N)c1cccc2cc[nH]c12. The zero-order chi connectivity index (χ0) is 10.7. The first kappa shape index (κ1) is 9.05. The lowest BCUT2D eigenvalue weighted by atomic mass is 10.0. The lowest BCUT2D eigenvalue weighted by Gasteiger charge is -1.99. The molecule has 1 heterocycles. The Morgan fingerprint density at radius 2 is 2.13 bits per heavy atom. The third-order valence-corrected chi connectivity index (χ3v) is 2.21. The van der Waals surface area contributed by atoms with E-state index in [4.69, 9.17) is 10.5 Å². The highest BCUT2D eigenvalue weighted by atomic mass is 14.7. The van der Waals surface area contributed by atoms with E-state index in [2.05, 4.69) is 4.98 Å². The number of hydrogen-bond acceptors (Lipinski definition) is 2. The van der Waals surface area contributed by atoms with E-state index in [1.807, 2.05) is 42.6 Å². The highest BCUT2D eigenvalue weighted by Gasteiger charge is 2.05. The van der Waals surface area contributed by atoms with Gasteiger partial charge in [0.1, 0.15) is 6.07 Å². The maximum absolute atomic E-state index is 8.92. The fourth-order valence-corrected chi connectivity index (χ4v) is 1.54. The molecule has 0 radical (unpaired) electrons. The molecular weight excluding hydrogens is 186 g/mol. The van der Waals surface area contributed by atoms with Crippen LogP contribution in [0.4, 0.5) is 0 Å². The Morgan fingerprint density at radius 1 is 1.27 bits per heavy atom. The molecule has 0 spiro atoms. The third-order valence-electron chi connectivity index (χ3n) is 2.21. The minimum atomic E-state index is 0.380. The van der Waals surface area contributed by atoms with Crippen LogP contribution in [0.3, 0.4) is 0 Å². The lowest BCUT2D eigenvalue weighted by molar-refractivity contribution is 1.46. The number of fused-ring (bicyclic) bond motifs is 1. The van der Waals surface area contributed by atoms with Gasteiger partial charge in [0, 0.05) is 23.2 Å². The second kappa shape index (κ2) is 3.69. The predicted molar refractivity (Wildman–Crippen MR) is 57.5 cm³/mol. The van der Waals surface area contributed by atoms with Crippen molar-refractivity contribution in [2.75, 3.05) is 0 Å². The molecule has 1 N–H and O–H groups in total. The van der Waals surface area contributed by atoms with Crippen molar-refractivity contribution < 1.29 is 0 Å². The average Bonchev–Trinajstić information content (AvgIpc) is 2.73. The van der Waals surface area contributed by atoms with E-state index in [-0.39, 0.29) is 0 Å². The van der Waals surface area contributed by atoms with Crippen molar-refractivity contribution in [3.8, 4) is 12.1 Å². The molecule has 0 aliphatic rings.